The number of aryl methyl sites for hydroxylation is 1. The molecule has 1 unspecified atom stereocenters. The summed E-state index contributed by atoms with van der Waals surface area (Å²) in [7, 11) is 2.00. The monoisotopic (exact) mass is 444 g/mol. The maximum Gasteiger partial charge on any atom is 0.140 e. The Morgan fingerprint density at radius 3 is 2.94 bits per heavy atom. The first-order valence-electron chi connectivity index (χ1n) is 10.6. The minimum absolute atomic E-state index is 0.307. The van der Waals surface area contributed by atoms with E-state index in [0.29, 0.717) is 17.5 Å². The molecule has 4 heterocycles. The third-order valence-corrected chi connectivity index (χ3v) is 7.39. The van der Waals surface area contributed by atoms with Crippen molar-refractivity contribution in [1.82, 2.24) is 24.7 Å². The summed E-state index contributed by atoms with van der Waals surface area (Å²) < 4.78 is 15.4. The summed E-state index contributed by atoms with van der Waals surface area (Å²) in [6.07, 6.45) is 8.62. The summed E-state index contributed by atoms with van der Waals surface area (Å²) in [6, 6.07) is 9.29. The number of aromatic nitrogens is 4. The Bertz CT molecular complexity index is 1490. The summed E-state index contributed by atoms with van der Waals surface area (Å²) in [5, 5.41) is 6.26. The van der Waals surface area contributed by atoms with Crippen LogP contribution in [-0.2, 0) is 6.42 Å². The second kappa shape index (κ2) is 7.36. The van der Waals surface area contributed by atoms with Crippen molar-refractivity contribution in [2.45, 2.75) is 25.3 Å². The molecule has 32 heavy (non-hydrogen) atoms. The average Bonchev–Trinajstić information content (AvgIpc) is 3.43. The quantitative estimate of drug-likeness (QED) is 0.410. The zero-order valence-corrected chi connectivity index (χ0v) is 18.3. The second-order valence-electron chi connectivity index (χ2n) is 8.10. The van der Waals surface area contributed by atoms with Crippen LogP contribution in [0.1, 0.15) is 29.5 Å². The molecule has 6 nitrogen and oxygen atoms in total. The number of hydrogen-bond donors (Lipinski definition) is 2. The van der Waals surface area contributed by atoms with Crippen molar-refractivity contribution in [1.29, 1.82) is 0 Å². The normalized spacial score (nSPS) is 16.0. The van der Waals surface area contributed by atoms with Crippen LogP contribution in [-0.4, -0.2) is 26.4 Å². The van der Waals surface area contributed by atoms with Crippen LogP contribution >= 0.6 is 11.3 Å². The molecule has 0 bridgehead atoms. The van der Waals surface area contributed by atoms with Gasteiger partial charge in [0.1, 0.15) is 22.3 Å². The molecule has 0 spiro atoms. The fourth-order valence-corrected chi connectivity index (χ4v) is 5.77. The molecule has 1 aliphatic carbocycles. The van der Waals surface area contributed by atoms with Crippen LogP contribution in [0.3, 0.4) is 0 Å². The van der Waals surface area contributed by atoms with E-state index in [4.69, 9.17) is 10.7 Å². The Kier molecular flexibility index (Phi) is 4.44. The Morgan fingerprint density at radius 1 is 1.16 bits per heavy atom. The molecule has 0 fully saturated rings. The zero-order valence-electron chi connectivity index (χ0n) is 17.5. The highest BCUT2D eigenvalue weighted by atomic mass is 32.1. The molecular weight excluding hydrogens is 423 g/mol. The lowest BCUT2D eigenvalue weighted by Crippen LogP contribution is -2.21. The molecule has 8 heteroatoms. The smallest absolute Gasteiger partial charge is 0.140 e. The Balaban J connectivity index is 1.49. The van der Waals surface area contributed by atoms with Crippen LogP contribution in [0.4, 0.5) is 10.2 Å². The number of benzene rings is 1. The van der Waals surface area contributed by atoms with Crippen LogP contribution < -0.4 is 11.1 Å². The fraction of sp³-hybridized carbons (Fsp3) is 0.208. The van der Waals surface area contributed by atoms with Crippen LogP contribution in [0.2, 0.25) is 0 Å². The Hall–Kier alpha value is -3.36. The van der Waals surface area contributed by atoms with Gasteiger partial charge in [-0.15, -0.1) is 11.3 Å². The van der Waals surface area contributed by atoms with Gasteiger partial charge in [-0.3, -0.25) is 4.40 Å². The van der Waals surface area contributed by atoms with Gasteiger partial charge in [0.25, 0.3) is 0 Å². The molecule has 0 saturated carbocycles. The standard InChI is InChI=1S/C24H21FN6S/c1-27-18-3-2-4-20-22(18)30-24(32-20)17-11-29-23(26)16-9-13(5-6-15(16)17)19-12-28-21-10-14(25)7-8-31(19)21/h5-12,18,27H,2-4H2,1H3,(H2,26,29). The van der Waals surface area contributed by atoms with Gasteiger partial charge in [0.2, 0.25) is 0 Å². The molecule has 1 atom stereocenters. The molecule has 4 aromatic heterocycles. The van der Waals surface area contributed by atoms with E-state index in [9.17, 15) is 4.39 Å². The Morgan fingerprint density at radius 2 is 2.06 bits per heavy atom. The molecule has 1 aliphatic rings. The number of imidazole rings is 1. The van der Waals surface area contributed by atoms with Gasteiger partial charge in [0.15, 0.2) is 0 Å². The van der Waals surface area contributed by atoms with E-state index in [1.807, 2.05) is 29.8 Å². The minimum atomic E-state index is -0.307. The topological polar surface area (TPSA) is 81.1 Å². The molecule has 0 aliphatic heterocycles. The third-order valence-electron chi connectivity index (χ3n) is 6.22. The molecule has 0 amide bonds. The summed E-state index contributed by atoms with van der Waals surface area (Å²) in [4.78, 5) is 15.2. The molecular formula is C24H21FN6S. The molecule has 6 rings (SSSR count). The van der Waals surface area contributed by atoms with E-state index in [1.165, 1.54) is 29.1 Å². The van der Waals surface area contributed by atoms with Gasteiger partial charge in [0.05, 0.1) is 23.6 Å². The van der Waals surface area contributed by atoms with Gasteiger partial charge in [0, 0.05) is 39.9 Å². The number of pyridine rings is 2. The number of thiazole rings is 1. The largest absolute Gasteiger partial charge is 0.383 e. The van der Waals surface area contributed by atoms with Crippen LogP contribution in [0, 0.1) is 5.82 Å². The number of nitrogens with two attached hydrogens (primary N) is 1. The number of anilines is 1. The maximum atomic E-state index is 13.6. The lowest BCUT2D eigenvalue weighted by atomic mass is 9.98. The first-order valence-corrected chi connectivity index (χ1v) is 11.4. The molecule has 0 radical (unpaired) electrons. The van der Waals surface area contributed by atoms with Crippen LogP contribution in [0.15, 0.2) is 48.9 Å². The van der Waals surface area contributed by atoms with Crippen molar-refractivity contribution in [3.8, 4) is 21.8 Å². The minimum Gasteiger partial charge on any atom is -0.383 e. The van der Waals surface area contributed by atoms with Gasteiger partial charge in [-0.1, -0.05) is 12.1 Å². The van der Waals surface area contributed by atoms with E-state index in [0.717, 1.165) is 45.4 Å². The predicted molar refractivity (Wildman–Crippen MR) is 126 cm³/mol. The first kappa shape index (κ1) is 19.3. The van der Waals surface area contributed by atoms with E-state index in [-0.39, 0.29) is 5.82 Å². The fourth-order valence-electron chi connectivity index (χ4n) is 4.58. The number of rotatable bonds is 3. The SMILES string of the molecule is CNC1CCCc2sc(-c3cnc(N)c4cc(-c5cnc6cc(F)ccn56)ccc34)nc21. The van der Waals surface area contributed by atoms with E-state index in [1.54, 1.807) is 23.7 Å². The zero-order chi connectivity index (χ0) is 21.8. The number of halogens is 1. The number of nitrogens with zero attached hydrogens (tertiary/aromatic N) is 4. The van der Waals surface area contributed by atoms with E-state index >= 15 is 0 Å². The average molecular weight is 445 g/mol. The van der Waals surface area contributed by atoms with Crippen molar-refractivity contribution in [2.24, 2.45) is 0 Å². The highest BCUT2D eigenvalue weighted by molar-refractivity contribution is 7.15. The van der Waals surface area contributed by atoms with Gasteiger partial charge in [-0.05, 0) is 43.8 Å². The van der Waals surface area contributed by atoms with Crippen molar-refractivity contribution < 1.29 is 4.39 Å². The van der Waals surface area contributed by atoms with Crippen LogP contribution in [0.5, 0.6) is 0 Å². The van der Waals surface area contributed by atoms with Crippen molar-refractivity contribution >= 4 is 33.6 Å². The number of nitrogen functional groups attached to an aromatic ring is 1. The third kappa shape index (κ3) is 2.98. The molecule has 1 aromatic carbocycles. The lowest BCUT2D eigenvalue weighted by molar-refractivity contribution is 0.490. The van der Waals surface area contributed by atoms with Gasteiger partial charge in [-0.2, -0.15) is 0 Å². The number of nitrogens with one attached hydrogen (secondary N) is 1. The predicted octanol–water partition coefficient (Wildman–Crippen LogP) is 4.99. The van der Waals surface area contributed by atoms with Gasteiger partial charge in [-0.25, -0.2) is 19.3 Å². The summed E-state index contributed by atoms with van der Waals surface area (Å²) >= 11 is 1.75. The van der Waals surface area contributed by atoms with E-state index < -0.39 is 0 Å². The highest BCUT2D eigenvalue weighted by Gasteiger charge is 2.24. The molecule has 3 N–H and O–H groups in total. The van der Waals surface area contributed by atoms with Crippen LogP contribution in [0.25, 0.3) is 38.2 Å². The summed E-state index contributed by atoms with van der Waals surface area (Å²) in [5.74, 6) is 0.165. The van der Waals surface area contributed by atoms with Gasteiger partial charge < -0.3 is 11.1 Å². The second-order valence-corrected chi connectivity index (χ2v) is 9.18. The van der Waals surface area contributed by atoms with Crippen molar-refractivity contribution in [3.63, 3.8) is 0 Å². The lowest BCUT2D eigenvalue weighted by Gasteiger charge is -2.19. The first-order chi connectivity index (χ1) is 15.6. The molecule has 160 valence electrons. The molecule has 0 saturated heterocycles. The van der Waals surface area contributed by atoms with Crippen molar-refractivity contribution in [2.75, 3.05) is 12.8 Å². The summed E-state index contributed by atoms with van der Waals surface area (Å²) in [6.45, 7) is 0. The number of hydrogen-bond acceptors (Lipinski definition) is 6. The summed E-state index contributed by atoms with van der Waals surface area (Å²) in [5.41, 5.74) is 10.8. The Labute approximate surface area is 188 Å². The molecule has 5 aromatic rings. The highest BCUT2D eigenvalue weighted by Crippen LogP contribution is 2.40. The van der Waals surface area contributed by atoms with E-state index in [2.05, 4.69) is 21.4 Å². The van der Waals surface area contributed by atoms with Crippen molar-refractivity contribution in [3.05, 3.63) is 65.3 Å². The maximum absolute atomic E-state index is 13.6. The number of fused-ring (bicyclic) bond motifs is 3. The van der Waals surface area contributed by atoms with Gasteiger partial charge >= 0.3 is 0 Å².